The van der Waals surface area contributed by atoms with Crippen LogP contribution in [0.2, 0.25) is 5.02 Å². The molecule has 3 aliphatic heterocycles. The number of rotatable bonds is 4. The molecular weight excluding hydrogens is 724 g/mol. The number of hydrogen-bond donors (Lipinski definition) is 1. The van der Waals surface area contributed by atoms with E-state index < -0.39 is 26.8 Å². The Morgan fingerprint density at radius 3 is 2.52 bits per heavy atom. The number of sulfonamides is 1. The molecule has 1 N–H and O–H groups in total. The number of allylic oxidation sites excluding steroid dienone is 1. The maximum atomic E-state index is 13.6. The highest BCUT2D eigenvalue weighted by molar-refractivity contribution is 7.90. The Morgan fingerprint density at radius 1 is 0.981 bits per heavy atom. The Hall–Kier alpha value is -3.71. The van der Waals surface area contributed by atoms with Crippen molar-refractivity contribution in [2.24, 2.45) is 17.8 Å². The SMILES string of the molecule is CO[C@@]1(CN2CCN(c3cncnc3)CC2)/C=C/C[C@@H](C)[C@@H](C)S(=O)(=O)NC(=O)c2ccc3c(c2)N(CCCCc2cc(Cl)ccc2CO3)C[C@@H]2CC[C@H]21. The van der Waals surface area contributed by atoms with E-state index in [4.69, 9.17) is 21.1 Å². The van der Waals surface area contributed by atoms with Gasteiger partial charge in [0.05, 0.1) is 29.0 Å². The number of piperazine rings is 1. The van der Waals surface area contributed by atoms with Crippen LogP contribution in [0.3, 0.4) is 0 Å². The molecule has 2 bridgehead atoms. The van der Waals surface area contributed by atoms with Crippen molar-refractivity contribution in [3.8, 4) is 5.75 Å². The summed E-state index contributed by atoms with van der Waals surface area (Å²) in [5.41, 5.74) is 3.82. The van der Waals surface area contributed by atoms with Crippen molar-refractivity contribution >= 4 is 38.9 Å². The lowest BCUT2D eigenvalue weighted by molar-refractivity contribution is -0.0919. The van der Waals surface area contributed by atoms with Crippen LogP contribution < -0.4 is 19.3 Å². The first-order chi connectivity index (χ1) is 26.0. The average Bonchev–Trinajstić information content (AvgIpc) is 3.19. The fraction of sp³-hybridized carbons (Fsp3) is 0.537. The highest BCUT2D eigenvalue weighted by Gasteiger charge is 2.48. The first-order valence-electron chi connectivity index (χ1n) is 19.4. The number of ether oxygens (including phenoxy) is 2. The van der Waals surface area contributed by atoms with Crippen molar-refractivity contribution in [1.29, 1.82) is 0 Å². The van der Waals surface area contributed by atoms with E-state index in [9.17, 15) is 13.2 Å². The number of anilines is 2. The van der Waals surface area contributed by atoms with Crippen molar-refractivity contribution in [1.82, 2.24) is 19.6 Å². The van der Waals surface area contributed by atoms with Gasteiger partial charge in [-0.3, -0.25) is 9.69 Å². The zero-order chi connectivity index (χ0) is 37.9. The molecule has 54 heavy (non-hydrogen) atoms. The number of aromatic nitrogens is 2. The molecule has 3 aromatic rings. The molecule has 7 rings (SSSR count). The van der Waals surface area contributed by atoms with Gasteiger partial charge >= 0.3 is 0 Å². The van der Waals surface area contributed by atoms with Gasteiger partial charge in [0, 0.05) is 63.5 Å². The molecular formula is C41H53ClN6O5S. The molecule has 0 spiro atoms. The summed E-state index contributed by atoms with van der Waals surface area (Å²) in [6.07, 6.45) is 15.1. The van der Waals surface area contributed by atoms with Gasteiger partial charge in [-0.05, 0) is 105 Å². The van der Waals surface area contributed by atoms with Gasteiger partial charge in [0.15, 0.2) is 0 Å². The number of carbonyl (C=O) groups excluding carboxylic acids is 1. The van der Waals surface area contributed by atoms with Crippen LogP contribution in [0.15, 0.2) is 67.3 Å². The smallest absolute Gasteiger partial charge is 0.264 e. The van der Waals surface area contributed by atoms with Crippen LogP contribution >= 0.6 is 11.6 Å². The van der Waals surface area contributed by atoms with Crippen LogP contribution in [0.5, 0.6) is 5.75 Å². The van der Waals surface area contributed by atoms with E-state index in [0.29, 0.717) is 29.7 Å². The average molecular weight is 777 g/mol. The lowest BCUT2D eigenvalue weighted by Gasteiger charge is -2.52. The van der Waals surface area contributed by atoms with Crippen molar-refractivity contribution in [3.63, 3.8) is 0 Å². The normalized spacial score (nSPS) is 28.6. The molecule has 4 aliphatic rings. The van der Waals surface area contributed by atoms with E-state index in [1.807, 2.05) is 56.8 Å². The molecule has 1 amide bonds. The predicted molar refractivity (Wildman–Crippen MR) is 213 cm³/mol. The molecule has 4 heterocycles. The number of nitrogens with zero attached hydrogens (tertiary/aromatic N) is 5. The summed E-state index contributed by atoms with van der Waals surface area (Å²) in [5.74, 6) is 0.360. The number of amides is 1. The highest BCUT2D eigenvalue weighted by Crippen LogP contribution is 2.47. The summed E-state index contributed by atoms with van der Waals surface area (Å²) >= 11 is 6.41. The summed E-state index contributed by atoms with van der Waals surface area (Å²) in [5, 5.41) is -0.0838. The van der Waals surface area contributed by atoms with Gasteiger partial charge in [-0.25, -0.2) is 23.1 Å². The first-order valence-corrected chi connectivity index (χ1v) is 21.3. The van der Waals surface area contributed by atoms with E-state index in [1.165, 1.54) is 5.56 Å². The second kappa shape index (κ2) is 16.6. The van der Waals surface area contributed by atoms with Crippen molar-refractivity contribution < 1.29 is 22.7 Å². The summed E-state index contributed by atoms with van der Waals surface area (Å²) in [7, 11) is -2.14. The predicted octanol–water partition coefficient (Wildman–Crippen LogP) is 6.13. The Bertz CT molecular complexity index is 1920. The van der Waals surface area contributed by atoms with E-state index in [1.54, 1.807) is 19.3 Å². The summed E-state index contributed by atoms with van der Waals surface area (Å²) in [6.45, 7) is 9.71. The quantitative estimate of drug-likeness (QED) is 0.311. The zero-order valence-corrected chi connectivity index (χ0v) is 33.2. The minimum absolute atomic E-state index is 0.239. The molecule has 2 aromatic carbocycles. The molecule has 1 aromatic heterocycles. The van der Waals surface area contributed by atoms with Crippen molar-refractivity contribution in [2.45, 2.75) is 69.8 Å². The monoisotopic (exact) mass is 776 g/mol. The molecule has 13 heteroatoms. The van der Waals surface area contributed by atoms with Gasteiger partial charge in [-0.1, -0.05) is 36.7 Å². The van der Waals surface area contributed by atoms with E-state index in [-0.39, 0.29) is 17.4 Å². The molecule has 2 fully saturated rings. The molecule has 1 aliphatic carbocycles. The first kappa shape index (κ1) is 38.6. The maximum Gasteiger partial charge on any atom is 0.264 e. The van der Waals surface area contributed by atoms with Crippen LogP contribution in [0.4, 0.5) is 11.4 Å². The van der Waals surface area contributed by atoms with Crippen LogP contribution in [-0.2, 0) is 27.8 Å². The molecule has 290 valence electrons. The fourth-order valence-electron chi connectivity index (χ4n) is 8.60. The molecule has 5 atom stereocenters. The molecule has 0 radical (unpaired) electrons. The Morgan fingerprint density at radius 2 is 1.78 bits per heavy atom. The lowest BCUT2D eigenvalue weighted by Crippen LogP contribution is -2.58. The van der Waals surface area contributed by atoms with Crippen molar-refractivity contribution in [2.75, 3.05) is 62.7 Å². The number of benzene rings is 2. The number of aryl methyl sites for hydroxylation is 1. The number of nitrogens with one attached hydrogen (secondary N) is 1. The summed E-state index contributed by atoms with van der Waals surface area (Å²) in [4.78, 5) is 29.3. The van der Waals surface area contributed by atoms with Gasteiger partial charge in [0.1, 0.15) is 24.3 Å². The third-order valence-electron chi connectivity index (χ3n) is 12.3. The summed E-state index contributed by atoms with van der Waals surface area (Å²) in [6, 6.07) is 11.2. The standard InChI is InChI=1S/C41H53ClN6O5S/c1-29-7-6-15-41(52-3,27-46-17-19-47(20-18-46)36-23-43-28-44-24-36)37-13-10-33(37)25-48-16-5-4-8-31-21-35(42)12-9-34(31)26-53-39-14-11-32(22-38(39)48)40(49)45-54(50,51)30(29)2/h6,9,11-12,14-15,21-24,28-30,33,37H,4-5,7-8,10,13,16-20,25-27H2,1-3H3,(H,45,49)/b15-6+/t29-,30-,33+,37-,41-/m1/s1. The Labute approximate surface area is 325 Å². The lowest BCUT2D eigenvalue weighted by atomic mass is 9.63. The topological polar surface area (TPSA) is 117 Å². The minimum atomic E-state index is -3.97. The van der Waals surface area contributed by atoms with Gasteiger partial charge in [0.2, 0.25) is 10.0 Å². The maximum absolute atomic E-state index is 13.6. The Kier molecular flexibility index (Phi) is 11.8. The Balaban J connectivity index is 1.22. The third kappa shape index (κ3) is 8.41. The van der Waals surface area contributed by atoms with Gasteiger partial charge in [-0.15, -0.1) is 0 Å². The molecule has 0 unspecified atom stereocenters. The number of hydrogen-bond acceptors (Lipinski definition) is 10. The van der Waals surface area contributed by atoms with Crippen molar-refractivity contribution in [3.05, 3.63) is 89.0 Å². The number of fused-ring (bicyclic) bond motifs is 3. The molecule has 1 saturated heterocycles. The largest absolute Gasteiger partial charge is 0.487 e. The van der Waals surface area contributed by atoms with E-state index in [2.05, 4.69) is 41.5 Å². The summed E-state index contributed by atoms with van der Waals surface area (Å²) < 4.78 is 42.8. The van der Waals surface area contributed by atoms with Crippen LogP contribution in [0.1, 0.15) is 67.4 Å². The van der Waals surface area contributed by atoms with Crippen LogP contribution in [0.25, 0.3) is 0 Å². The third-order valence-corrected chi connectivity index (χ3v) is 14.5. The second-order valence-corrected chi connectivity index (χ2v) is 18.0. The van der Waals surface area contributed by atoms with Gasteiger partial charge in [0.25, 0.3) is 5.91 Å². The van der Waals surface area contributed by atoms with E-state index in [0.717, 1.165) is 94.9 Å². The zero-order valence-electron chi connectivity index (χ0n) is 31.6. The number of carbonyl (C=O) groups is 1. The van der Waals surface area contributed by atoms with Gasteiger partial charge < -0.3 is 19.3 Å². The highest BCUT2D eigenvalue weighted by atomic mass is 35.5. The molecule has 1 saturated carbocycles. The second-order valence-electron chi connectivity index (χ2n) is 15.5. The fourth-order valence-corrected chi connectivity index (χ4v) is 10.1. The molecule has 11 nitrogen and oxygen atoms in total. The minimum Gasteiger partial charge on any atom is -0.487 e. The van der Waals surface area contributed by atoms with Crippen LogP contribution in [0, 0.1) is 17.8 Å². The van der Waals surface area contributed by atoms with E-state index >= 15 is 0 Å². The number of methoxy groups -OCH3 is 1. The number of halogens is 1. The van der Waals surface area contributed by atoms with Gasteiger partial charge in [-0.2, -0.15) is 0 Å². The van der Waals surface area contributed by atoms with Crippen LogP contribution in [-0.4, -0.2) is 93.0 Å².